The molecule has 0 aliphatic rings. The first-order valence-electron chi connectivity index (χ1n) is 6.65. The standard InChI is InChI=1S/C15H17N3O2S/c1-3-11-8-17-14(20-11)9-18-15(19)13-7-10(2)12(21-13)5-4-6-16/h7-8H,3,6,9,16H2,1-2H3,(H,18,19). The molecule has 110 valence electrons. The average molecular weight is 303 g/mol. The van der Waals surface area contributed by atoms with Gasteiger partial charge in [0.1, 0.15) is 5.76 Å². The van der Waals surface area contributed by atoms with E-state index in [4.69, 9.17) is 10.2 Å². The molecule has 0 aliphatic heterocycles. The molecule has 0 saturated carbocycles. The normalized spacial score (nSPS) is 10.0. The van der Waals surface area contributed by atoms with Gasteiger partial charge < -0.3 is 15.5 Å². The maximum atomic E-state index is 12.1. The van der Waals surface area contributed by atoms with E-state index < -0.39 is 0 Å². The molecule has 3 N–H and O–H groups in total. The van der Waals surface area contributed by atoms with Crippen LogP contribution in [0.2, 0.25) is 0 Å². The van der Waals surface area contributed by atoms with Crippen LogP contribution in [0.4, 0.5) is 0 Å². The van der Waals surface area contributed by atoms with Gasteiger partial charge in [0.15, 0.2) is 0 Å². The SMILES string of the molecule is CCc1cnc(CNC(=O)c2cc(C)c(C#CCN)s2)o1. The molecule has 0 aromatic carbocycles. The minimum atomic E-state index is -0.153. The molecule has 0 spiro atoms. The first-order chi connectivity index (χ1) is 10.1. The summed E-state index contributed by atoms with van der Waals surface area (Å²) in [5.74, 6) is 6.93. The van der Waals surface area contributed by atoms with Gasteiger partial charge in [-0.05, 0) is 18.6 Å². The molecule has 2 rings (SSSR count). The summed E-state index contributed by atoms with van der Waals surface area (Å²) in [7, 11) is 0. The lowest BCUT2D eigenvalue weighted by Gasteiger charge is -1.99. The highest BCUT2D eigenvalue weighted by Gasteiger charge is 2.12. The van der Waals surface area contributed by atoms with Crippen molar-refractivity contribution in [1.82, 2.24) is 10.3 Å². The summed E-state index contributed by atoms with van der Waals surface area (Å²) in [6.45, 7) is 4.50. The predicted octanol–water partition coefficient (Wildman–Crippen LogP) is 1.85. The van der Waals surface area contributed by atoms with E-state index in [1.807, 2.05) is 19.9 Å². The second-order valence-electron chi connectivity index (χ2n) is 4.39. The Labute approximate surface area is 127 Å². The van der Waals surface area contributed by atoms with Crippen molar-refractivity contribution in [1.29, 1.82) is 0 Å². The van der Waals surface area contributed by atoms with Gasteiger partial charge >= 0.3 is 0 Å². The highest BCUT2D eigenvalue weighted by Crippen LogP contribution is 2.20. The van der Waals surface area contributed by atoms with Gasteiger partial charge in [0.2, 0.25) is 5.89 Å². The predicted molar refractivity (Wildman–Crippen MR) is 82.0 cm³/mol. The number of nitrogens with two attached hydrogens (primary N) is 1. The van der Waals surface area contributed by atoms with Crippen LogP contribution in [-0.2, 0) is 13.0 Å². The molecular formula is C15H17N3O2S. The Kier molecular flexibility index (Phi) is 5.14. The van der Waals surface area contributed by atoms with Crippen molar-refractivity contribution in [2.24, 2.45) is 5.73 Å². The van der Waals surface area contributed by atoms with Crippen molar-refractivity contribution in [3.8, 4) is 11.8 Å². The number of rotatable bonds is 4. The Hall–Kier alpha value is -2.10. The molecule has 0 unspecified atom stereocenters. The molecule has 1 amide bonds. The van der Waals surface area contributed by atoms with E-state index in [1.54, 1.807) is 6.20 Å². The monoisotopic (exact) mass is 303 g/mol. The van der Waals surface area contributed by atoms with Crippen molar-refractivity contribution >= 4 is 17.2 Å². The van der Waals surface area contributed by atoms with Gasteiger partial charge in [0.25, 0.3) is 5.91 Å². The number of aromatic nitrogens is 1. The number of nitrogens with one attached hydrogen (secondary N) is 1. The molecular weight excluding hydrogens is 286 g/mol. The Morgan fingerprint density at radius 3 is 3.05 bits per heavy atom. The third-order valence-corrected chi connectivity index (χ3v) is 3.95. The van der Waals surface area contributed by atoms with Crippen LogP contribution in [-0.4, -0.2) is 17.4 Å². The number of hydrogen-bond donors (Lipinski definition) is 2. The van der Waals surface area contributed by atoms with Gasteiger partial charge in [0.05, 0.1) is 29.0 Å². The van der Waals surface area contributed by atoms with E-state index in [0.717, 1.165) is 22.6 Å². The van der Waals surface area contributed by atoms with Crippen LogP contribution in [0.3, 0.4) is 0 Å². The number of amides is 1. The average Bonchev–Trinajstić information content (AvgIpc) is 3.09. The van der Waals surface area contributed by atoms with Crippen molar-refractivity contribution in [3.63, 3.8) is 0 Å². The fraction of sp³-hybridized carbons (Fsp3) is 0.333. The molecule has 0 saturated heterocycles. The van der Waals surface area contributed by atoms with Gasteiger partial charge in [-0.1, -0.05) is 18.8 Å². The smallest absolute Gasteiger partial charge is 0.261 e. The summed E-state index contributed by atoms with van der Waals surface area (Å²) >= 11 is 1.36. The largest absolute Gasteiger partial charge is 0.444 e. The van der Waals surface area contributed by atoms with Crippen molar-refractivity contribution in [2.45, 2.75) is 26.8 Å². The lowest BCUT2D eigenvalue weighted by molar-refractivity contribution is 0.0951. The lowest BCUT2D eigenvalue weighted by Crippen LogP contribution is -2.21. The Morgan fingerprint density at radius 2 is 2.38 bits per heavy atom. The number of carbonyl (C=O) groups excluding carboxylic acids is 1. The molecule has 0 aliphatic carbocycles. The molecule has 5 nitrogen and oxygen atoms in total. The highest BCUT2D eigenvalue weighted by atomic mass is 32.1. The second-order valence-corrected chi connectivity index (χ2v) is 5.44. The second kappa shape index (κ2) is 7.07. The lowest BCUT2D eigenvalue weighted by atomic mass is 10.2. The number of oxazole rings is 1. The molecule has 0 radical (unpaired) electrons. The van der Waals surface area contributed by atoms with E-state index in [9.17, 15) is 4.79 Å². The first-order valence-corrected chi connectivity index (χ1v) is 7.46. The van der Waals surface area contributed by atoms with Gasteiger partial charge in [-0.25, -0.2) is 4.98 Å². The van der Waals surface area contributed by atoms with Crippen molar-refractivity contribution in [3.05, 3.63) is 39.2 Å². The van der Waals surface area contributed by atoms with Gasteiger partial charge in [-0.15, -0.1) is 11.3 Å². The zero-order valence-electron chi connectivity index (χ0n) is 12.0. The van der Waals surface area contributed by atoms with Gasteiger partial charge in [0, 0.05) is 6.42 Å². The van der Waals surface area contributed by atoms with Crippen molar-refractivity contribution in [2.75, 3.05) is 6.54 Å². The Morgan fingerprint density at radius 1 is 1.57 bits per heavy atom. The molecule has 2 aromatic rings. The molecule has 0 atom stereocenters. The maximum absolute atomic E-state index is 12.1. The van der Waals surface area contributed by atoms with E-state index in [0.29, 0.717) is 17.3 Å². The first kappa shape index (κ1) is 15.3. The van der Waals surface area contributed by atoms with Crippen LogP contribution < -0.4 is 11.1 Å². The summed E-state index contributed by atoms with van der Waals surface area (Å²) in [6.07, 6.45) is 2.46. The quantitative estimate of drug-likeness (QED) is 0.845. The van der Waals surface area contributed by atoms with E-state index in [-0.39, 0.29) is 12.5 Å². The molecule has 2 aromatic heterocycles. The third kappa shape index (κ3) is 3.94. The van der Waals surface area contributed by atoms with Crippen LogP contribution >= 0.6 is 11.3 Å². The summed E-state index contributed by atoms with van der Waals surface area (Å²) in [5.41, 5.74) is 6.33. The number of thiophene rings is 1. The zero-order valence-corrected chi connectivity index (χ0v) is 12.8. The Balaban J connectivity index is 2.00. The number of carbonyl (C=O) groups is 1. The summed E-state index contributed by atoms with van der Waals surface area (Å²) in [6, 6.07) is 1.83. The van der Waals surface area contributed by atoms with Crippen LogP contribution in [0.15, 0.2) is 16.7 Å². The van der Waals surface area contributed by atoms with Crippen molar-refractivity contribution < 1.29 is 9.21 Å². The van der Waals surface area contributed by atoms with E-state index in [1.165, 1.54) is 11.3 Å². The van der Waals surface area contributed by atoms with Crippen LogP contribution in [0.25, 0.3) is 0 Å². The van der Waals surface area contributed by atoms with Gasteiger partial charge in [-0.3, -0.25) is 4.79 Å². The Bertz CT molecular complexity index is 691. The minimum absolute atomic E-state index is 0.153. The molecule has 0 fully saturated rings. The van der Waals surface area contributed by atoms with E-state index >= 15 is 0 Å². The van der Waals surface area contributed by atoms with Crippen LogP contribution in [0.5, 0.6) is 0 Å². The molecule has 2 heterocycles. The number of hydrogen-bond acceptors (Lipinski definition) is 5. The highest BCUT2D eigenvalue weighted by molar-refractivity contribution is 7.14. The molecule has 21 heavy (non-hydrogen) atoms. The van der Waals surface area contributed by atoms with Gasteiger partial charge in [-0.2, -0.15) is 0 Å². The summed E-state index contributed by atoms with van der Waals surface area (Å²) in [4.78, 5) is 17.7. The topological polar surface area (TPSA) is 81.2 Å². The number of nitrogens with zero attached hydrogens (tertiary/aromatic N) is 1. The van der Waals surface area contributed by atoms with Crippen LogP contribution in [0, 0.1) is 18.8 Å². The maximum Gasteiger partial charge on any atom is 0.261 e. The molecule has 0 bridgehead atoms. The zero-order chi connectivity index (χ0) is 15.2. The molecule has 6 heteroatoms. The minimum Gasteiger partial charge on any atom is -0.444 e. The van der Waals surface area contributed by atoms with E-state index in [2.05, 4.69) is 22.1 Å². The third-order valence-electron chi connectivity index (χ3n) is 2.80. The summed E-state index contributed by atoms with van der Waals surface area (Å²) < 4.78 is 5.44. The van der Waals surface area contributed by atoms with Crippen LogP contribution in [0.1, 0.15) is 38.7 Å². The number of aryl methyl sites for hydroxylation is 2. The fourth-order valence-corrected chi connectivity index (χ4v) is 2.65. The summed E-state index contributed by atoms with van der Waals surface area (Å²) in [5, 5.41) is 2.79. The fourth-order valence-electron chi connectivity index (χ4n) is 1.69.